The normalized spacial score (nSPS) is 26.8. The molecule has 2 aliphatic rings. The van der Waals surface area contributed by atoms with Crippen molar-refractivity contribution in [3.8, 4) is 0 Å². The van der Waals surface area contributed by atoms with Crippen molar-refractivity contribution in [2.24, 2.45) is 0 Å². The first kappa shape index (κ1) is 15.6. The minimum absolute atomic E-state index is 0.0708. The zero-order chi connectivity index (χ0) is 15.0. The summed E-state index contributed by atoms with van der Waals surface area (Å²) in [5.74, 6) is 0. The predicted molar refractivity (Wildman–Crippen MR) is 86.6 cm³/mol. The molecule has 2 bridgehead atoms. The van der Waals surface area contributed by atoms with E-state index in [1.165, 1.54) is 11.8 Å². The van der Waals surface area contributed by atoms with Crippen LogP contribution < -0.4 is 5.32 Å². The molecule has 1 aromatic carbocycles. The first-order valence-electron chi connectivity index (χ1n) is 7.12. The molecule has 0 radical (unpaired) electrons. The van der Waals surface area contributed by atoms with Gasteiger partial charge in [0, 0.05) is 23.5 Å². The number of nitrogens with one attached hydrogen (secondary N) is 1. The second kappa shape index (κ2) is 6.08. The third-order valence-electron chi connectivity index (χ3n) is 4.29. The number of thioether (sulfide) groups is 1. The van der Waals surface area contributed by atoms with Crippen LogP contribution in [0.25, 0.3) is 0 Å². The molecule has 0 aliphatic carbocycles. The largest absolute Gasteiger partial charge is 0.315 e. The molecule has 2 atom stereocenters. The third kappa shape index (κ3) is 2.84. The molecule has 3 rings (SSSR count). The minimum Gasteiger partial charge on any atom is -0.315 e. The molecular weight excluding hydrogens is 328 g/mol. The van der Waals surface area contributed by atoms with E-state index in [0.29, 0.717) is 9.92 Å². The third-order valence-corrected chi connectivity index (χ3v) is 7.51. The molecule has 1 N–H and O–H groups in total. The SMILES string of the molecule is CSc1ccc(S(=O)(=O)N2C3CCNCC2CC3)cc1Cl. The molecule has 0 amide bonds. The van der Waals surface area contributed by atoms with Gasteiger partial charge in [-0.1, -0.05) is 11.6 Å². The highest BCUT2D eigenvalue weighted by molar-refractivity contribution is 7.98. The van der Waals surface area contributed by atoms with Gasteiger partial charge in [0.05, 0.1) is 9.92 Å². The first-order valence-corrected chi connectivity index (χ1v) is 10.2. The van der Waals surface area contributed by atoms with E-state index in [1.54, 1.807) is 22.5 Å². The zero-order valence-corrected chi connectivity index (χ0v) is 14.3. The van der Waals surface area contributed by atoms with Crippen LogP contribution in [0.15, 0.2) is 28.0 Å². The summed E-state index contributed by atoms with van der Waals surface area (Å²) in [5, 5.41) is 3.83. The number of nitrogens with zero attached hydrogens (tertiary/aromatic N) is 1. The fraction of sp³-hybridized carbons (Fsp3) is 0.571. The van der Waals surface area contributed by atoms with Crippen LogP contribution in [0.3, 0.4) is 0 Å². The van der Waals surface area contributed by atoms with Crippen molar-refractivity contribution < 1.29 is 8.42 Å². The molecule has 0 saturated carbocycles. The molecule has 2 fully saturated rings. The van der Waals surface area contributed by atoms with Gasteiger partial charge in [-0.05, 0) is 50.3 Å². The quantitative estimate of drug-likeness (QED) is 0.855. The first-order chi connectivity index (χ1) is 10.0. The van der Waals surface area contributed by atoms with Crippen molar-refractivity contribution in [1.82, 2.24) is 9.62 Å². The number of hydrogen-bond donors (Lipinski definition) is 1. The summed E-state index contributed by atoms with van der Waals surface area (Å²) in [6, 6.07) is 5.24. The van der Waals surface area contributed by atoms with E-state index in [4.69, 9.17) is 11.6 Å². The van der Waals surface area contributed by atoms with E-state index >= 15 is 0 Å². The lowest BCUT2D eigenvalue weighted by Gasteiger charge is -2.27. The molecule has 0 spiro atoms. The molecule has 1 aromatic rings. The minimum atomic E-state index is -3.47. The molecule has 2 saturated heterocycles. The van der Waals surface area contributed by atoms with E-state index in [-0.39, 0.29) is 12.1 Å². The van der Waals surface area contributed by atoms with E-state index in [1.807, 2.05) is 6.26 Å². The second-order valence-corrected chi connectivity index (χ2v) is 8.61. The smallest absolute Gasteiger partial charge is 0.243 e. The van der Waals surface area contributed by atoms with Crippen LogP contribution in [0.1, 0.15) is 19.3 Å². The van der Waals surface area contributed by atoms with Gasteiger partial charge in [-0.15, -0.1) is 11.8 Å². The maximum absolute atomic E-state index is 13.0. The summed E-state index contributed by atoms with van der Waals surface area (Å²) >= 11 is 7.70. The lowest BCUT2D eigenvalue weighted by Crippen LogP contribution is -2.42. The Labute approximate surface area is 135 Å². The lowest BCUT2D eigenvalue weighted by molar-refractivity contribution is 0.334. The number of hydrogen-bond acceptors (Lipinski definition) is 4. The highest BCUT2D eigenvalue weighted by Gasteiger charge is 2.43. The summed E-state index contributed by atoms with van der Waals surface area (Å²) in [6.45, 7) is 1.63. The van der Waals surface area contributed by atoms with Crippen LogP contribution in [0, 0.1) is 0 Å². The number of benzene rings is 1. The van der Waals surface area contributed by atoms with E-state index in [9.17, 15) is 8.42 Å². The van der Waals surface area contributed by atoms with Crippen molar-refractivity contribution in [1.29, 1.82) is 0 Å². The van der Waals surface area contributed by atoms with Crippen LogP contribution in [-0.2, 0) is 10.0 Å². The number of fused-ring (bicyclic) bond motifs is 2. The Morgan fingerprint density at radius 2 is 2.05 bits per heavy atom. The van der Waals surface area contributed by atoms with Gasteiger partial charge in [-0.2, -0.15) is 4.31 Å². The fourth-order valence-corrected chi connectivity index (χ4v) is 6.12. The van der Waals surface area contributed by atoms with E-state index < -0.39 is 10.0 Å². The van der Waals surface area contributed by atoms with Gasteiger partial charge in [0.25, 0.3) is 0 Å². The molecule has 7 heteroatoms. The second-order valence-electron chi connectivity index (χ2n) is 5.51. The molecule has 116 valence electrons. The van der Waals surface area contributed by atoms with Crippen molar-refractivity contribution in [2.45, 2.75) is 41.1 Å². The van der Waals surface area contributed by atoms with Gasteiger partial charge in [-0.25, -0.2) is 8.42 Å². The maximum Gasteiger partial charge on any atom is 0.243 e. The summed E-state index contributed by atoms with van der Waals surface area (Å²) < 4.78 is 27.7. The van der Waals surface area contributed by atoms with Crippen LogP contribution in [-0.4, -0.2) is 44.2 Å². The van der Waals surface area contributed by atoms with E-state index in [0.717, 1.165) is 37.2 Å². The topological polar surface area (TPSA) is 49.4 Å². The Morgan fingerprint density at radius 1 is 1.29 bits per heavy atom. The molecule has 2 heterocycles. The average Bonchev–Trinajstić information content (AvgIpc) is 2.72. The maximum atomic E-state index is 13.0. The van der Waals surface area contributed by atoms with Gasteiger partial charge >= 0.3 is 0 Å². The van der Waals surface area contributed by atoms with Crippen molar-refractivity contribution in [2.75, 3.05) is 19.3 Å². The monoisotopic (exact) mass is 346 g/mol. The van der Waals surface area contributed by atoms with Gasteiger partial charge in [0.1, 0.15) is 0 Å². The number of halogens is 1. The highest BCUT2D eigenvalue weighted by Crippen LogP contribution is 2.35. The average molecular weight is 347 g/mol. The Morgan fingerprint density at radius 3 is 2.76 bits per heavy atom. The van der Waals surface area contributed by atoms with Crippen LogP contribution in [0.2, 0.25) is 5.02 Å². The van der Waals surface area contributed by atoms with Gasteiger partial charge < -0.3 is 5.32 Å². The van der Waals surface area contributed by atoms with Crippen LogP contribution >= 0.6 is 23.4 Å². The Bertz CT molecular complexity index is 622. The molecule has 2 unspecified atom stereocenters. The Hall–Kier alpha value is -0.270. The lowest BCUT2D eigenvalue weighted by atomic mass is 10.1. The van der Waals surface area contributed by atoms with Crippen molar-refractivity contribution in [3.05, 3.63) is 23.2 Å². The van der Waals surface area contributed by atoms with Crippen molar-refractivity contribution >= 4 is 33.4 Å². The zero-order valence-electron chi connectivity index (χ0n) is 11.9. The highest BCUT2D eigenvalue weighted by atomic mass is 35.5. The molecule has 0 aromatic heterocycles. The molecule has 4 nitrogen and oxygen atoms in total. The van der Waals surface area contributed by atoms with Gasteiger partial charge in [-0.3, -0.25) is 0 Å². The summed E-state index contributed by atoms with van der Waals surface area (Å²) in [4.78, 5) is 1.21. The summed E-state index contributed by atoms with van der Waals surface area (Å²) in [7, 11) is -3.47. The van der Waals surface area contributed by atoms with Gasteiger partial charge in [0.15, 0.2) is 0 Å². The van der Waals surface area contributed by atoms with Crippen LogP contribution in [0.4, 0.5) is 0 Å². The predicted octanol–water partition coefficient (Wildman–Crippen LogP) is 2.58. The molecule has 2 aliphatic heterocycles. The van der Waals surface area contributed by atoms with Crippen LogP contribution in [0.5, 0.6) is 0 Å². The van der Waals surface area contributed by atoms with Gasteiger partial charge in [0.2, 0.25) is 10.0 Å². The summed E-state index contributed by atoms with van der Waals surface area (Å²) in [6.07, 6.45) is 4.71. The number of sulfonamides is 1. The standard InChI is InChI=1S/C14H19ClN2O2S2/c1-20-14-5-4-12(8-13(14)15)21(18,19)17-10-2-3-11(17)9-16-7-6-10/h4-5,8,10-11,16H,2-3,6-7,9H2,1H3. The fourth-order valence-electron chi connectivity index (χ4n) is 3.26. The summed E-state index contributed by atoms with van der Waals surface area (Å²) in [5.41, 5.74) is 0. The molecule has 21 heavy (non-hydrogen) atoms. The van der Waals surface area contributed by atoms with Crippen molar-refractivity contribution in [3.63, 3.8) is 0 Å². The Balaban J connectivity index is 1.98. The van der Waals surface area contributed by atoms with E-state index in [2.05, 4.69) is 5.32 Å². The molecular formula is C14H19ClN2O2S2. The Kier molecular flexibility index (Phi) is 4.52. The number of rotatable bonds is 3.